The van der Waals surface area contributed by atoms with Gasteiger partial charge >= 0.3 is 0 Å². The summed E-state index contributed by atoms with van der Waals surface area (Å²) in [5, 5.41) is 0. The highest BCUT2D eigenvalue weighted by atomic mass is 19.3. The highest BCUT2D eigenvalue weighted by molar-refractivity contribution is 4.57. The summed E-state index contributed by atoms with van der Waals surface area (Å²) in [5.74, 6) is 0. The minimum atomic E-state index is -1.83. The average molecular weight is 106 g/mol. The summed E-state index contributed by atoms with van der Waals surface area (Å²) in [7, 11) is 0. The Kier molecular flexibility index (Phi) is 12.4. The van der Waals surface area contributed by atoms with E-state index in [4.69, 9.17) is 0 Å². The normalized spacial score (nSPS) is 5.57. The number of halogens is 2. The SMILES string of the molecule is C=C(F)F.C=CC. The van der Waals surface area contributed by atoms with Crippen molar-refractivity contribution in [2.24, 2.45) is 0 Å². The topological polar surface area (TPSA) is 0 Å². The van der Waals surface area contributed by atoms with Gasteiger partial charge in [0.2, 0.25) is 0 Å². The number of hydrogen-bond donors (Lipinski definition) is 0. The Morgan fingerprint density at radius 2 is 1.57 bits per heavy atom. The first-order valence-corrected chi connectivity index (χ1v) is 1.72. The Bertz CT molecular complexity index is 53.1. The van der Waals surface area contributed by atoms with Crippen LogP contribution in [0.5, 0.6) is 0 Å². The van der Waals surface area contributed by atoms with E-state index in [0.717, 1.165) is 0 Å². The van der Waals surface area contributed by atoms with E-state index in [1.54, 1.807) is 6.08 Å². The molecule has 0 nitrogen and oxygen atoms in total. The molecule has 7 heavy (non-hydrogen) atoms. The van der Waals surface area contributed by atoms with Crippen molar-refractivity contribution in [1.29, 1.82) is 0 Å². The summed E-state index contributed by atoms with van der Waals surface area (Å²) < 4.78 is 20.3. The van der Waals surface area contributed by atoms with Crippen LogP contribution in [-0.4, -0.2) is 0 Å². The molecule has 0 atom stereocenters. The second kappa shape index (κ2) is 9.02. The van der Waals surface area contributed by atoms with Crippen LogP contribution in [0, 0.1) is 0 Å². The van der Waals surface area contributed by atoms with Gasteiger partial charge in [0, 0.05) is 0 Å². The third kappa shape index (κ3) is 137. The van der Waals surface area contributed by atoms with Gasteiger partial charge in [0.1, 0.15) is 0 Å². The molecular formula is C5H8F2. The number of rotatable bonds is 0. The predicted octanol–water partition coefficient (Wildman–Crippen LogP) is 2.59. The Morgan fingerprint density at radius 3 is 1.57 bits per heavy atom. The summed E-state index contributed by atoms with van der Waals surface area (Å²) in [6, 6.07) is 0. The molecule has 0 unspecified atom stereocenters. The van der Waals surface area contributed by atoms with E-state index in [0.29, 0.717) is 0 Å². The lowest BCUT2D eigenvalue weighted by Crippen LogP contribution is -1.33. The maximum Gasteiger partial charge on any atom is 0.263 e. The molecule has 0 heterocycles. The van der Waals surface area contributed by atoms with Gasteiger partial charge in [-0.25, -0.2) is 0 Å². The van der Waals surface area contributed by atoms with Gasteiger partial charge in [-0.05, 0) is 13.5 Å². The van der Waals surface area contributed by atoms with E-state index in [-0.39, 0.29) is 0 Å². The fourth-order valence-corrected chi connectivity index (χ4v) is 0. The highest BCUT2D eigenvalue weighted by Gasteiger charge is 1.65. The molecule has 0 aliphatic carbocycles. The van der Waals surface area contributed by atoms with Crippen LogP contribution in [0.2, 0.25) is 0 Å². The Morgan fingerprint density at radius 1 is 1.57 bits per heavy atom. The zero-order valence-corrected chi connectivity index (χ0v) is 4.25. The average Bonchev–Trinajstić information content (AvgIpc) is 1.33. The van der Waals surface area contributed by atoms with Crippen molar-refractivity contribution >= 4 is 0 Å². The van der Waals surface area contributed by atoms with Gasteiger partial charge in [-0.1, -0.05) is 6.08 Å². The van der Waals surface area contributed by atoms with Crippen molar-refractivity contribution < 1.29 is 8.78 Å². The molecule has 0 spiro atoms. The lowest BCUT2D eigenvalue weighted by molar-refractivity contribution is 0.426. The summed E-state index contributed by atoms with van der Waals surface area (Å²) in [6.07, 6.45) is -0.0833. The molecule has 0 fully saturated rings. The summed E-state index contributed by atoms with van der Waals surface area (Å²) >= 11 is 0. The van der Waals surface area contributed by atoms with Crippen LogP contribution >= 0.6 is 0 Å². The molecule has 0 rings (SSSR count). The van der Waals surface area contributed by atoms with Gasteiger partial charge < -0.3 is 0 Å². The lowest BCUT2D eigenvalue weighted by atomic mass is 10.8. The zero-order chi connectivity index (χ0) is 6.28. The van der Waals surface area contributed by atoms with E-state index in [2.05, 4.69) is 13.2 Å². The summed E-state index contributed by atoms with van der Waals surface area (Å²) in [6.45, 7) is 7.47. The quantitative estimate of drug-likeness (QED) is 0.416. The van der Waals surface area contributed by atoms with E-state index >= 15 is 0 Å². The van der Waals surface area contributed by atoms with Crippen LogP contribution in [0.15, 0.2) is 25.3 Å². The zero-order valence-electron chi connectivity index (χ0n) is 4.25. The largest absolute Gasteiger partial charge is 0.263 e. The maximum absolute atomic E-state index is 10.1. The van der Waals surface area contributed by atoms with Gasteiger partial charge in [-0.2, -0.15) is 8.78 Å². The minimum absolute atomic E-state index is 1.75. The molecule has 42 valence electrons. The second-order valence-corrected chi connectivity index (χ2v) is 0.747. The molecule has 0 aliphatic rings. The first-order valence-electron chi connectivity index (χ1n) is 1.72. The Hall–Kier alpha value is -0.660. The number of hydrogen-bond acceptors (Lipinski definition) is 0. The van der Waals surface area contributed by atoms with Crippen molar-refractivity contribution in [3.63, 3.8) is 0 Å². The molecule has 0 bridgehead atoms. The standard InChI is InChI=1S/C3H6.C2H2F2/c1-3-2;1-2(3)4/h3H,1H2,2H3;1H2. The molecule has 0 aromatic heterocycles. The van der Waals surface area contributed by atoms with Crippen molar-refractivity contribution in [1.82, 2.24) is 0 Å². The summed E-state index contributed by atoms with van der Waals surface area (Å²) in [5.41, 5.74) is 0. The molecule has 0 aliphatic heterocycles. The Labute approximate surface area is 42.2 Å². The monoisotopic (exact) mass is 106 g/mol. The van der Waals surface area contributed by atoms with Crippen LogP contribution in [0.3, 0.4) is 0 Å². The van der Waals surface area contributed by atoms with Crippen molar-refractivity contribution in [2.45, 2.75) is 6.92 Å². The molecule has 0 saturated heterocycles. The molecule has 0 aromatic carbocycles. The Balaban J connectivity index is 0. The van der Waals surface area contributed by atoms with Crippen molar-refractivity contribution in [3.05, 3.63) is 25.3 Å². The van der Waals surface area contributed by atoms with Crippen LogP contribution in [-0.2, 0) is 0 Å². The van der Waals surface area contributed by atoms with Crippen LogP contribution in [0.25, 0.3) is 0 Å². The van der Waals surface area contributed by atoms with Gasteiger partial charge in [0.15, 0.2) is 0 Å². The van der Waals surface area contributed by atoms with Gasteiger partial charge in [0.25, 0.3) is 6.08 Å². The first kappa shape index (κ1) is 9.60. The second-order valence-electron chi connectivity index (χ2n) is 0.747. The smallest absolute Gasteiger partial charge is 0.174 e. The van der Waals surface area contributed by atoms with Gasteiger partial charge in [0.05, 0.1) is 0 Å². The van der Waals surface area contributed by atoms with E-state index < -0.39 is 6.08 Å². The first-order chi connectivity index (χ1) is 3.15. The molecule has 2 heteroatoms. The minimum Gasteiger partial charge on any atom is -0.174 e. The van der Waals surface area contributed by atoms with Crippen LogP contribution in [0.4, 0.5) is 8.78 Å². The number of allylic oxidation sites excluding steroid dienone is 1. The molecular weight excluding hydrogens is 98.1 g/mol. The fourth-order valence-electron chi connectivity index (χ4n) is 0. The lowest BCUT2D eigenvalue weighted by Gasteiger charge is -1.54. The van der Waals surface area contributed by atoms with Gasteiger partial charge in [-0.15, -0.1) is 6.58 Å². The van der Waals surface area contributed by atoms with E-state index in [1.807, 2.05) is 6.92 Å². The summed E-state index contributed by atoms with van der Waals surface area (Å²) in [4.78, 5) is 0. The van der Waals surface area contributed by atoms with E-state index in [1.165, 1.54) is 0 Å². The third-order valence-corrected chi connectivity index (χ3v) is 0. The van der Waals surface area contributed by atoms with Crippen LogP contribution < -0.4 is 0 Å². The predicted molar refractivity (Wildman–Crippen MR) is 27.2 cm³/mol. The fraction of sp³-hybridized carbons (Fsp3) is 0.200. The van der Waals surface area contributed by atoms with Gasteiger partial charge in [-0.3, -0.25) is 0 Å². The molecule has 0 N–H and O–H groups in total. The van der Waals surface area contributed by atoms with Crippen molar-refractivity contribution in [2.75, 3.05) is 0 Å². The highest BCUT2D eigenvalue weighted by Crippen LogP contribution is 1.85. The van der Waals surface area contributed by atoms with E-state index in [9.17, 15) is 8.78 Å². The molecule has 0 radical (unpaired) electrons. The maximum atomic E-state index is 10.1. The van der Waals surface area contributed by atoms with Crippen LogP contribution in [0.1, 0.15) is 6.92 Å². The molecule has 0 aromatic rings. The van der Waals surface area contributed by atoms with Crippen molar-refractivity contribution in [3.8, 4) is 0 Å². The molecule has 0 saturated carbocycles. The third-order valence-electron chi connectivity index (χ3n) is 0. The molecule has 0 amide bonds.